The van der Waals surface area contributed by atoms with Crippen LogP contribution in [0.3, 0.4) is 0 Å². The lowest BCUT2D eigenvalue weighted by Gasteiger charge is -2.09. The molecule has 1 aromatic heterocycles. The van der Waals surface area contributed by atoms with Gasteiger partial charge in [-0.15, -0.1) is 0 Å². The van der Waals surface area contributed by atoms with Gasteiger partial charge in [-0.3, -0.25) is 0 Å². The Balaban J connectivity index is 2.21. The van der Waals surface area contributed by atoms with Crippen LogP contribution >= 0.6 is 0 Å². The largest absolute Gasteiger partial charge is 0.488 e. The molecular formula is C13H13BO3. The van der Waals surface area contributed by atoms with Crippen molar-refractivity contribution < 1.29 is 14.5 Å². The van der Waals surface area contributed by atoms with E-state index in [1.807, 2.05) is 0 Å². The van der Waals surface area contributed by atoms with Gasteiger partial charge in [-0.05, 0) is 17.4 Å². The first-order valence-corrected chi connectivity index (χ1v) is 5.75. The average molecular weight is 228 g/mol. The molecule has 1 atom stereocenters. The third-order valence-corrected chi connectivity index (χ3v) is 3.22. The lowest BCUT2D eigenvalue weighted by molar-refractivity contribution is 0.426. The third kappa shape index (κ3) is 1.70. The molecule has 17 heavy (non-hydrogen) atoms. The van der Waals surface area contributed by atoms with E-state index >= 15 is 0 Å². The summed E-state index contributed by atoms with van der Waals surface area (Å²) in [5.41, 5.74) is 2.37. The van der Waals surface area contributed by atoms with Crippen molar-refractivity contribution in [2.75, 3.05) is 0 Å². The Morgan fingerprint density at radius 1 is 1.35 bits per heavy atom. The number of fused-ring (bicyclic) bond motifs is 3. The molecule has 0 fully saturated rings. The van der Waals surface area contributed by atoms with Crippen LogP contribution in [0.5, 0.6) is 0 Å². The molecule has 4 heteroatoms. The zero-order valence-electron chi connectivity index (χ0n) is 9.55. The minimum absolute atomic E-state index is 0.492. The van der Waals surface area contributed by atoms with E-state index in [9.17, 15) is 10.0 Å². The molecule has 86 valence electrons. The molecule has 3 rings (SSSR count). The predicted molar refractivity (Wildman–Crippen MR) is 67.9 cm³/mol. The van der Waals surface area contributed by atoms with Gasteiger partial charge >= 0.3 is 7.12 Å². The molecule has 0 radical (unpaired) electrons. The second kappa shape index (κ2) is 3.76. The number of benzene rings is 1. The molecule has 2 aromatic rings. The second-order valence-corrected chi connectivity index (χ2v) is 4.61. The Labute approximate surface area is 99.5 Å². The van der Waals surface area contributed by atoms with E-state index in [0.29, 0.717) is 11.4 Å². The molecule has 1 aliphatic carbocycles. The summed E-state index contributed by atoms with van der Waals surface area (Å²) >= 11 is 0. The van der Waals surface area contributed by atoms with Crippen molar-refractivity contribution in [1.29, 1.82) is 0 Å². The van der Waals surface area contributed by atoms with Gasteiger partial charge in [-0.1, -0.05) is 31.2 Å². The summed E-state index contributed by atoms with van der Waals surface area (Å²) in [7, 11) is -1.43. The SMILES string of the molecule is CC1C=Cc2c(oc3ccc(B(O)O)cc23)C1. The molecule has 2 N–H and O–H groups in total. The summed E-state index contributed by atoms with van der Waals surface area (Å²) < 4.78 is 5.78. The van der Waals surface area contributed by atoms with Gasteiger partial charge in [0.1, 0.15) is 11.3 Å². The molecule has 1 unspecified atom stereocenters. The van der Waals surface area contributed by atoms with E-state index in [1.54, 1.807) is 18.2 Å². The molecule has 0 saturated heterocycles. The van der Waals surface area contributed by atoms with Gasteiger partial charge < -0.3 is 14.5 Å². The molecule has 0 aliphatic heterocycles. The van der Waals surface area contributed by atoms with Crippen LogP contribution in [0.15, 0.2) is 28.7 Å². The van der Waals surface area contributed by atoms with E-state index in [-0.39, 0.29) is 0 Å². The first kappa shape index (κ1) is 10.6. The fourth-order valence-corrected chi connectivity index (χ4v) is 2.30. The maximum absolute atomic E-state index is 9.17. The van der Waals surface area contributed by atoms with E-state index in [1.165, 1.54) is 0 Å². The van der Waals surface area contributed by atoms with Crippen molar-refractivity contribution in [3.05, 3.63) is 35.6 Å². The highest BCUT2D eigenvalue weighted by Gasteiger charge is 2.19. The lowest BCUT2D eigenvalue weighted by Crippen LogP contribution is -2.29. The second-order valence-electron chi connectivity index (χ2n) is 4.61. The summed E-state index contributed by atoms with van der Waals surface area (Å²) in [5.74, 6) is 1.48. The molecule has 1 aliphatic rings. The van der Waals surface area contributed by atoms with Crippen LogP contribution in [-0.4, -0.2) is 17.2 Å². The Bertz CT molecular complexity index is 598. The smallest absolute Gasteiger partial charge is 0.460 e. The number of hydrogen-bond acceptors (Lipinski definition) is 3. The molecular weight excluding hydrogens is 215 g/mol. The zero-order valence-corrected chi connectivity index (χ0v) is 9.55. The molecule has 0 bridgehead atoms. The van der Waals surface area contributed by atoms with Gasteiger partial charge in [0.25, 0.3) is 0 Å². The van der Waals surface area contributed by atoms with Crippen molar-refractivity contribution in [1.82, 2.24) is 0 Å². The van der Waals surface area contributed by atoms with Crippen LogP contribution < -0.4 is 5.46 Å². The van der Waals surface area contributed by atoms with Gasteiger partial charge in [0, 0.05) is 17.4 Å². The van der Waals surface area contributed by atoms with Crippen molar-refractivity contribution >= 4 is 29.6 Å². The van der Waals surface area contributed by atoms with Crippen molar-refractivity contribution in [2.24, 2.45) is 5.92 Å². The quantitative estimate of drug-likeness (QED) is 0.723. The van der Waals surface area contributed by atoms with Crippen LogP contribution in [0.1, 0.15) is 18.2 Å². The minimum Gasteiger partial charge on any atom is -0.460 e. The van der Waals surface area contributed by atoms with Gasteiger partial charge in [0.15, 0.2) is 0 Å². The lowest BCUT2D eigenvalue weighted by atomic mass is 9.79. The fourth-order valence-electron chi connectivity index (χ4n) is 2.30. The minimum atomic E-state index is -1.43. The monoisotopic (exact) mass is 228 g/mol. The number of rotatable bonds is 1. The molecule has 1 heterocycles. The van der Waals surface area contributed by atoms with E-state index in [0.717, 1.165) is 28.7 Å². The van der Waals surface area contributed by atoms with E-state index in [4.69, 9.17) is 4.42 Å². The van der Waals surface area contributed by atoms with Crippen molar-refractivity contribution in [3.63, 3.8) is 0 Å². The average Bonchev–Trinajstić information content (AvgIpc) is 2.64. The van der Waals surface area contributed by atoms with E-state index in [2.05, 4.69) is 19.1 Å². The van der Waals surface area contributed by atoms with E-state index < -0.39 is 7.12 Å². The Hall–Kier alpha value is -1.52. The van der Waals surface area contributed by atoms with Gasteiger partial charge in [0.2, 0.25) is 0 Å². The molecule has 3 nitrogen and oxygen atoms in total. The normalized spacial score (nSPS) is 18.4. The standard InChI is InChI=1S/C13H13BO3/c1-8-2-4-10-11-7-9(14(15)16)3-5-12(11)17-13(10)6-8/h2-5,7-8,15-16H,6H2,1H3. The number of allylic oxidation sites excluding steroid dienone is 1. The van der Waals surface area contributed by atoms with Crippen molar-refractivity contribution in [3.8, 4) is 0 Å². The molecule has 0 amide bonds. The third-order valence-electron chi connectivity index (χ3n) is 3.22. The van der Waals surface area contributed by atoms with Crippen molar-refractivity contribution in [2.45, 2.75) is 13.3 Å². The van der Waals surface area contributed by atoms with Crippen LogP contribution in [0.2, 0.25) is 0 Å². The maximum Gasteiger partial charge on any atom is 0.488 e. The highest BCUT2D eigenvalue weighted by Crippen LogP contribution is 2.31. The van der Waals surface area contributed by atoms with Crippen LogP contribution in [0.25, 0.3) is 17.0 Å². The molecule has 1 aromatic carbocycles. The number of hydrogen-bond donors (Lipinski definition) is 2. The fraction of sp³-hybridized carbons (Fsp3) is 0.231. The zero-order chi connectivity index (χ0) is 12.0. The Morgan fingerprint density at radius 2 is 2.18 bits per heavy atom. The summed E-state index contributed by atoms with van der Waals surface area (Å²) in [6.07, 6.45) is 5.11. The van der Waals surface area contributed by atoms with Gasteiger partial charge in [-0.25, -0.2) is 0 Å². The molecule has 0 saturated carbocycles. The summed E-state index contributed by atoms with van der Waals surface area (Å²) in [6.45, 7) is 2.15. The first-order valence-electron chi connectivity index (χ1n) is 5.75. The van der Waals surface area contributed by atoms with Gasteiger partial charge in [0.05, 0.1) is 0 Å². The maximum atomic E-state index is 9.17. The van der Waals surface area contributed by atoms with Crippen LogP contribution in [0.4, 0.5) is 0 Å². The highest BCUT2D eigenvalue weighted by molar-refractivity contribution is 6.58. The van der Waals surface area contributed by atoms with Gasteiger partial charge in [-0.2, -0.15) is 0 Å². The predicted octanol–water partition coefficient (Wildman–Crippen LogP) is 1.32. The Kier molecular flexibility index (Phi) is 2.35. The van der Waals surface area contributed by atoms with Crippen LogP contribution in [0, 0.1) is 5.92 Å². The highest BCUT2D eigenvalue weighted by atomic mass is 16.4. The summed E-state index contributed by atoms with van der Waals surface area (Å²) in [5, 5.41) is 19.3. The topological polar surface area (TPSA) is 53.6 Å². The Morgan fingerprint density at radius 3 is 2.94 bits per heavy atom. The molecule has 0 spiro atoms. The first-order chi connectivity index (χ1) is 8.15. The van der Waals surface area contributed by atoms with Crippen LogP contribution in [-0.2, 0) is 6.42 Å². The summed E-state index contributed by atoms with van der Waals surface area (Å²) in [4.78, 5) is 0. The number of furan rings is 1. The summed E-state index contributed by atoms with van der Waals surface area (Å²) in [6, 6.07) is 5.25.